The van der Waals surface area contributed by atoms with Crippen LogP contribution in [0, 0.1) is 5.92 Å². The van der Waals surface area contributed by atoms with Crippen LogP contribution in [0.15, 0.2) is 17.0 Å². The van der Waals surface area contributed by atoms with Crippen LogP contribution in [0.5, 0.6) is 5.75 Å². The van der Waals surface area contributed by atoms with Crippen molar-refractivity contribution in [2.75, 3.05) is 25.1 Å². The topological polar surface area (TPSA) is 87.2 Å². The normalized spacial score (nSPS) is 23.1. The molecule has 15 heteroatoms. The smallest absolute Gasteiger partial charge is 0.420 e. The first kappa shape index (κ1) is 31.2. The second kappa shape index (κ2) is 10.9. The van der Waals surface area contributed by atoms with Crippen molar-refractivity contribution in [3.63, 3.8) is 0 Å². The third kappa shape index (κ3) is 7.27. The lowest BCUT2D eigenvalue weighted by atomic mass is 9.90. The van der Waals surface area contributed by atoms with Crippen LogP contribution < -0.4 is 9.64 Å². The van der Waals surface area contributed by atoms with Gasteiger partial charge in [-0.2, -0.15) is 17.5 Å². The van der Waals surface area contributed by atoms with Gasteiger partial charge in [0.15, 0.2) is 0 Å². The molecule has 1 aromatic rings. The lowest BCUT2D eigenvalue weighted by Gasteiger charge is -2.40. The number of halogens is 7. The average molecular weight is 593 g/mol. The number of likely N-dealkylation sites (N-methyl/N-ethyl adjacent to an activating group) is 1. The van der Waals surface area contributed by atoms with Crippen molar-refractivity contribution >= 4 is 21.7 Å². The van der Waals surface area contributed by atoms with E-state index >= 15 is 0 Å². The van der Waals surface area contributed by atoms with Gasteiger partial charge in [0, 0.05) is 51.0 Å². The Kier molecular flexibility index (Phi) is 8.76. The number of benzene rings is 1. The van der Waals surface area contributed by atoms with Crippen molar-refractivity contribution in [3.8, 4) is 5.75 Å². The number of anilines is 1. The summed E-state index contributed by atoms with van der Waals surface area (Å²) in [5.41, 5.74) is -1.77. The van der Waals surface area contributed by atoms with Crippen LogP contribution in [-0.2, 0) is 21.0 Å². The van der Waals surface area contributed by atoms with Crippen LogP contribution in [0.1, 0.15) is 57.9 Å². The molecule has 2 atom stereocenters. The molecule has 1 N–H and O–H groups in total. The predicted octanol–water partition coefficient (Wildman–Crippen LogP) is 5.63. The molecule has 0 bridgehead atoms. The van der Waals surface area contributed by atoms with Crippen molar-refractivity contribution in [1.82, 2.24) is 4.31 Å². The highest BCUT2D eigenvalue weighted by Gasteiger charge is 2.45. The molecule has 1 heterocycles. The maximum atomic E-state index is 14.1. The van der Waals surface area contributed by atoms with E-state index in [1.54, 1.807) is 0 Å². The van der Waals surface area contributed by atoms with Crippen molar-refractivity contribution in [2.45, 2.75) is 87.4 Å². The van der Waals surface area contributed by atoms with Crippen LogP contribution in [0.4, 0.5) is 36.4 Å². The van der Waals surface area contributed by atoms with E-state index in [0.717, 1.165) is 11.4 Å². The van der Waals surface area contributed by atoms with Gasteiger partial charge in [0.1, 0.15) is 17.3 Å². The van der Waals surface area contributed by atoms with Crippen LogP contribution in [0.25, 0.3) is 0 Å². The van der Waals surface area contributed by atoms with E-state index in [-0.39, 0.29) is 25.8 Å². The summed E-state index contributed by atoms with van der Waals surface area (Å²) in [6, 6.07) is -0.652. The molecular formula is C24H31F7N2O5S. The molecule has 0 amide bonds. The number of nitrogens with zero attached hydrogens (tertiary/aromatic N) is 2. The van der Waals surface area contributed by atoms with Gasteiger partial charge in [-0.1, -0.05) is 0 Å². The summed E-state index contributed by atoms with van der Waals surface area (Å²) in [6.45, 7) is 0.870. The van der Waals surface area contributed by atoms with Crippen LogP contribution >= 0.6 is 0 Å². The predicted molar refractivity (Wildman–Crippen MR) is 127 cm³/mol. The van der Waals surface area contributed by atoms with E-state index in [4.69, 9.17) is 9.84 Å². The number of carboxylic acids is 1. The summed E-state index contributed by atoms with van der Waals surface area (Å²) < 4.78 is 131. The summed E-state index contributed by atoms with van der Waals surface area (Å²) in [4.78, 5) is 11.8. The maximum Gasteiger partial charge on any atom is 0.420 e. The average Bonchev–Trinajstić information content (AvgIpc) is 2.88. The Morgan fingerprint density at radius 3 is 2.28 bits per heavy atom. The van der Waals surface area contributed by atoms with E-state index in [2.05, 4.69) is 0 Å². The molecule has 1 aromatic carbocycles. The van der Waals surface area contributed by atoms with Crippen LogP contribution in [-0.4, -0.2) is 67.9 Å². The number of carbonyl (C=O) groups is 1. The van der Waals surface area contributed by atoms with E-state index in [1.807, 2.05) is 0 Å². The van der Waals surface area contributed by atoms with E-state index in [9.17, 15) is 43.9 Å². The van der Waals surface area contributed by atoms with Gasteiger partial charge in [-0.25, -0.2) is 26.0 Å². The Labute approximate surface area is 221 Å². The number of fused-ring (bicyclic) bond motifs is 1. The molecular weight excluding hydrogens is 561 g/mol. The number of carboxylic acid groups (broad SMARTS) is 1. The SMILES string of the molecule is CC(COc1cc2c(cc1C(F)(F)F)N(C1CCC(F)(F)CC1)C[C@H](CCC(C)(F)F)N(C)S2(=O)=O)C(=O)O. The fourth-order valence-corrected chi connectivity index (χ4v) is 6.35. The molecule has 7 nitrogen and oxygen atoms in total. The minimum Gasteiger partial charge on any atom is -0.492 e. The first-order chi connectivity index (χ1) is 17.7. The molecule has 1 aliphatic carbocycles. The first-order valence-corrected chi connectivity index (χ1v) is 13.8. The third-order valence-corrected chi connectivity index (χ3v) is 9.15. The zero-order valence-electron chi connectivity index (χ0n) is 21.6. The fraction of sp³-hybridized carbons (Fsp3) is 0.708. The molecule has 0 saturated heterocycles. The molecule has 0 radical (unpaired) electrons. The summed E-state index contributed by atoms with van der Waals surface area (Å²) in [5.74, 6) is -9.61. The highest BCUT2D eigenvalue weighted by atomic mass is 32.2. The molecule has 1 saturated carbocycles. The number of sulfonamides is 1. The summed E-state index contributed by atoms with van der Waals surface area (Å²) >= 11 is 0. The molecule has 2 aliphatic rings. The van der Waals surface area contributed by atoms with E-state index in [0.29, 0.717) is 19.1 Å². The van der Waals surface area contributed by atoms with Gasteiger partial charge >= 0.3 is 12.1 Å². The summed E-state index contributed by atoms with van der Waals surface area (Å²) in [6.07, 6.45) is -7.52. The zero-order chi connectivity index (χ0) is 29.6. The number of rotatable bonds is 8. The number of hydrogen-bond acceptors (Lipinski definition) is 5. The largest absolute Gasteiger partial charge is 0.492 e. The van der Waals surface area contributed by atoms with Gasteiger partial charge in [0.2, 0.25) is 21.9 Å². The Morgan fingerprint density at radius 1 is 1.18 bits per heavy atom. The van der Waals surface area contributed by atoms with Gasteiger partial charge in [-0.05, 0) is 39.2 Å². The van der Waals surface area contributed by atoms with Crippen molar-refractivity contribution in [3.05, 3.63) is 17.7 Å². The molecule has 0 spiro atoms. The standard InChI is InChI=1S/C24H31F7N2O5S/c1-14(21(34)35)13-38-19-11-20-18(10-17(19)24(29,30)31)33(15-5-8-23(27,28)9-6-15)12-16(4-7-22(2,25)26)32(3)39(20,36)37/h10-11,14-16H,4-9,12-13H2,1-3H3,(H,34,35)/t14?,16-/m0/s1. The number of hydrogen-bond donors (Lipinski definition) is 1. The molecule has 0 aromatic heterocycles. The van der Waals surface area contributed by atoms with Crippen molar-refractivity contribution < 1.29 is 53.8 Å². The van der Waals surface area contributed by atoms with Crippen LogP contribution in [0.3, 0.4) is 0 Å². The number of ether oxygens (including phenoxy) is 1. The van der Waals surface area contributed by atoms with Crippen LogP contribution in [0.2, 0.25) is 0 Å². The Bertz CT molecular complexity index is 1160. The fourth-order valence-electron chi connectivity index (χ4n) is 4.78. The first-order valence-electron chi connectivity index (χ1n) is 12.3. The molecule has 39 heavy (non-hydrogen) atoms. The Hall–Kier alpha value is -2.29. The minimum atomic E-state index is -5.05. The Balaban J connectivity index is 2.18. The Morgan fingerprint density at radius 2 is 1.77 bits per heavy atom. The van der Waals surface area contributed by atoms with Crippen molar-refractivity contribution in [2.24, 2.45) is 5.92 Å². The summed E-state index contributed by atoms with van der Waals surface area (Å²) in [7, 11) is -3.45. The van der Waals surface area contributed by atoms with Gasteiger partial charge in [-0.15, -0.1) is 0 Å². The van der Waals surface area contributed by atoms with Crippen molar-refractivity contribution in [1.29, 1.82) is 0 Å². The zero-order valence-corrected chi connectivity index (χ0v) is 22.4. The van der Waals surface area contributed by atoms with Gasteiger partial charge in [0.25, 0.3) is 0 Å². The maximum absolute atomic E-state index is 14.1. The van der Waals surface area contributed by atoms with E-state index < -0.39 is 99.8 Å². The minimum absolute atomic E-state index is 0.150. The summed E-state index contributed by atoms with van der Waals surface area (Å²) in [5, 5.41) is 9.07. The second-order valence-electron chi connectivity index (χ2n) is 10.4. The molecule has 222 valence electrons. The quantitative estimate of drug-likeness (QED) is 0.394. The van der Waals surface area contributed by atoms with Gasteiger partial charge < -0.3 is 14.7 Å². The monoisotopic (exact) mass is 592 g/mol. The third-order valence-electron chi connectivity index (χ3n) is 7.21. The number of aliphatic carboxylic acids is 1. The van der Waals surface area contributed by atoms with Gasteiger partial charge in [-0.3, -0.25) is 4.79 Å². The highest BCUT2D eigenvalue weighted by molar-refractivity contribution is 7.89. The number of alkyl halides is 7. The molecule has 1 aliphatic heterocycles. The lowest BCUT2D eigenvalue weighted by Crippen LogP contribution is -2.47. The highest BCUT2D eigenvalue weighted by Crippen LogP contribution is 2.46. The molecule has 3 rings (SSSR count). The van der Waals surface area contributed by atoms with Gasteiger partial charge in [0.05, 0.1) is 17.2 Å². The molecule has 1 unspecified atom stereocenters. The lowest BCUT2D eigenvalue weighted by molar-refractivity contribution is -0.142. The van der Waals surface area contributed by atoms with E-state index in [1.165, 1.54) is 11.8 Å². The second-order valence-corrected chi connectivity index (χ2v) is 12.4. The molecule has 1 fully saturated rings.